The Bertz CT molecular complexity index is 793. The number of fused-ring (bicyclic) bond motifs is 2. The van der Waals surface area contributed by atoms with Gasteiger partial charge in [-0.2, -0.15) is 0 Å². The smallest absolute Gasteiger partial charge is 0.313 e. The maximum Gasteiger partial charge on any atom is 0.313 e. The number of unbranched alkanes of at least 4 members (excludes halogenated alkanes) is 3. The van der Waals surface area contributed by atoms with Gasteiger partial charge in [-0.1, -0.05) is 31.1 Å². The first kappa shape index (κ1) is 22.0. The molecule has 4 aliphatic rings. The van der Waals surface area contributed by atoms with Crippen LogP contribution in [0.4, 0.5) is 0 Å². The molecule has 170 valence electrons. The highest BCUT2D eigenvalue weighted by molar-refractivity contribution is 5.99. The van der Waals surface area contributed by atoms with E-state index in [0.717, 1.165) is 25.7 Å². The predicted octanol–water partition coefficient (Wildman–Crippen LogP) is 1.04. The lowest BCUT2D eigenvalue weighted by molar-refractivity contribution is -0.153. The average Bonchev–Trinajstić information content (AvgIpc) is 3.02. The Hall–Kier alpha value is -2.19. The summed E-state index contributed by atoms with van der Waals surface area (Å²) < 4.78 is 11.7. The van der Waals surface area contributed by atoms with Crippen molar-refractivity contribution >= 4 is 17.8 Å². The van der Waals surface area contributed by atoms with Gasteiger partial charge in [-0.25, -0.2) is 0 Å². The minimum Gasteiger partial charge on any atom is -0.461 e. The van der Waals surface area contributed by atoms with Crippen LogP contribution >= 0.6 is 0 Å². The van der Waals surface area contributed by atoms with E-state index in [2.05, 4.69) is 0 Å². The molecule has 1 spiro atoms. The first-order chi connectivity index (χ1) is 14.9. The van der Waals surface area contributed by atoms with Crippen LogP contribution in [0.2, 0.25) is 0 Å². The van der Waals surface area contributed by atoms with E-state index in [9.17, 15) is 14.4 Å². The van der Waals surface area contributed by atoms with Crippen LogP contribution in [0.3, 0.4) is 0 Å². The molecule has 0 bridgehead atoms. The number of aliphatic hydroxyl groups is 1. The monoisotopic (exact) mass is 432 g/mol. The van der Waals surface area contributed by atoms with Crippen molar-refractivity contribution in [3.8, 4) is 0 Å². The Labute approximate surface area is 182 Å². The zero-order chi connectivity index (χ0) is 22.2. The summed E-state index contributed by atoms with van der Waals surface area (Å²) in [6.07, 6.45) is 9.84. The fourth-order valence-electron chi connectivity index (χ4n) is 5.44. The summed E-state index contributed by atoms with van der Waals surface area (Å²) in [5, 5.41) is 9.00. The quantitative estimate of drug-likeness (QED) is 0.367. The molecule has 0 aromatic rings. The van der Waals surface area contributed by atoms with E-state index in [1.807, 2.05) is 26.0 Å². The highest BCUT2D eigenvalue weighted by atomic mass is 16.6. The van der Waals surface area contributed by atoms with Gasteiger partial charge in [0.1, 0.15) is 24.2 Å². The first-order valence-corrected chi connectivity index (χ1v) is 11.3. The maximum absolute atomic E-state index is 13.7. The van der Waals surface area contributed by atoms with E-state index in [0.29, 0.717) is 13.1 Å². The van der Waals surface area contributed by atoms with Crippen LogP contribution in [0.5, 0.6) is 0 Å². The molecule has 0 saturated carbocycles. The van der Waals surface area contributed by atoms with Gasteiger partial charge < -0.3 is 24.4 Å². The molecule has 2 fully saturated rings. The summed E-state index contributed by atoms with van der Waals surface area (Å²) in [6, 6.07) is -0.818. The molecule has 2 amide bonds. The third kappa shape index (κ3) is 3.59. The second kappa shape index (κ2) is 8.74. The van der Waals surface area contributed by atoms with E-state index >= 15 is 0 Å². The van der Waals surface area contributed by atoms with E-state index in [4.69, 9.17) is 14.6 Å². The predicted molar refractivity (Wildman–Crippen MR) is 112 cm³/mol. The summed E-state index contributed by atoms with van der Waals surface area (Å²) >= 11 is 0. The van der Waals surface area contributed by atoms with Gasteiger partial charge in [0, 0.05) is 25.7 Å². The number of hydrogen-bond acceptors (Lipinski definition) is 6. The minimum atomic E-state index is -1.17. The van der Waals surface area contributed by atoms with Crippen molar-refractivity contribution in [2.75, 3.05) is 26.3 Å². The lowest BCUT2D eigenvalue weighted by Crippen LogP contribution is -2.56. The van der Waals surface area contributed by atoms with Crippen LogP contribution in [0.1, 0.15) is 39.5 Å². The largest absolute Gasteiger partial charge is 0.461 e. The average molecular weight is 433 g/mol. The Morgan fingerprint density at radius 3 is 2.65 bits per heavy atom. The molecular weight excluding hydrogens is 400 g/mol. The molecule has 2 saturated heterocycles. The highest BCUT2D eigenvalue weighted by Crippen LogP contribution is 2.53. The minimum absolute atomic E-state index is 0.0235. The molecule has 0 aliphatic carbocycles. The molecule has 1 unspecified atom stereocenters. The molecule has 1 N–H and O–H groups in total. The zero-order valence-electron chi connectivity index (χ0n) is 18.2. The molecule has 0 aromatic heterocycles. The van der Waals surface area contributed by atoms with Gasteiger partial charge in [0.25, 0.3) is 0 Å². The van der Waals surface area contributed by atoms with Crippen molar-refractivity contribution in [3.63, 3.8) is 0 Å². The van der Waals surface area contributed by atoms with Crippen LogP contribution in [-0.2, 0) is 23.9 Å². The molecule has 8 heteroatoms. The Kier molecular flexibility index (Phi) is 6.21. The zero-order valence-corrected chi connectivity index (χ0v) is 18.2. The molecule has 8 nitrogen and oxygen atoms in total. The van der Waals surface area contributed by atoms with E-state index in [1.165, 1.54) is 0 Å². The third-order valence-electron chi connectivity index (χ3n) is 6.88. The number of carbonyl (C=O) groups is 3. The summed E-state index contributed by atoms with van der Waals surface area (Å²) in [7, 11) is 0. The Morgan fingerprint density at radius 1 is 1.13 bits per heavy atom. The van der Waals surface area contributed by atoms with Crippen molar-refractivity contribution in [1.29, 1.82) is 0 Å². The number of likely N-dealkylation sites (tertiary alicyclic amines) is 1. The number of aliphatic hydroxyl groups excluding tert-OH is 1. The molecule has 5 atom stereocenters. The normalized spacial score (nSPS) is 34.5. The van der Waals surface area contributed by atoms with Gasteiger partial charge in [0.05, 0.1) is 12.0 Å². The van der Waals surface area contributed by atoms with Crippen molar-refractivity contribution < 1.29 is 29.0 Å². The van der Waals surface area contributed by atoms with Crippen LogP contribution in [0.25, 0.3) is 0 Å². The van der Waals surface area contributed by atoms with Gasteiger partial charge in [0.2, 0.25) is 11.8 Å². The third-order valence-corrected chi connectivity index (χ3v) is 6.88. The van der Waals surface area contributed by atoms with Crippen molar-refractivity contribution in [2.45, 2.75) is 63.3 Å². The molecule has 4 rings (SSSR count). The van der Waals surface area contributed by atoms with Crippen molar-refractivity contribution in [1.82, 2.24) is 9.80 Å². The fraction of sp³-hybridized carbons (Fsp3) is 0.696. The number of cyclic esters (lactones) is 1. The number of hydrogen-bond donors (Lipinski definition) is 1. The summed E-state index contributed by atoms with van der Waals surface area (Å²) in [6.45, 7) is 5.09. The lowest BCUT2D eigenvalue weighted by atomic mass is 9.78. The Balaban J connectivity index is 1.70. The Morgan fingerprint density at radius 2 is 1.90 bits per heavy atom. The van der Waals surface area contributed by atoms with Crippen molar-refractivity contribution in [3.05, 3.63) is 24.3 Å². The number of rotatable bonds is 7. The summed E-state index contributed by atoms with van der Waals surface area (Å²) in [4.78, 5) is 43.6. The van der Waals surface area contributed by atoms with Gasteiger partial charge in [-0.3, -0.25) is 14.4 Å². The van der Waals surface area contributed by atoms with Gasteiger partial charge in [-0.15, -0.1) is 0 Å². The molecular formula is C23H32N2O6. The first-order valence-electron chi connectivity index (χ1n) is 11.3. The number of esters is 1. The number of ether oxygens (including phenoxy) is 2. The van der Waals surface area contributed by atoms with Gasteiger partial charge >= 0.3 is 5.97 Å². The van der Waals surface area contributed by atoms with E-state index < -0.39 is 35.6 Å². The molecule has 4 aliphatic heterocycles. The second-order valence-electron chi connectivity index (χ2n) is 9.06. The lowest BCUT2D eigenvalue weighted by Gasteiger charge is -2.36. The van der Waals surface area contributed by atoms with E-state index in [-0.39, 0.29) is 31.1 Å². The van der Waals surface area contributed by atoms with Crippen molar-refractivity contribution in [2.24, 2.45) is 11.8 Å². The van der Waals surface area contributed by atoms with Gasteiger partial charge in [0.15, 0.2) is 0 Å². The number of nitrogens with zero attached hydrogens (tertiary/aromatic N) is 2. The SMILES string of the molecule is CC(C)N1CC=C[C@]23O[C@H]4C=CCOC(=O)[C@H]4[C@H]2C(=O)N(CCCCCCO)C3C1=O. The molecule has 4 heterocycles. The summed E-state index contributed by atoms with van der Waals surface area (Å²) in [5.41, 5.74) is -1.17. The van der Waals surface area contributed by atoms with Gasteiger partial charge in [-0.05, 0) is 32.8 Å². The fourth-order valence-corrected chi connectivity index (χ4v) is 5.44. The van der Waals surface area contributed by atoms with Crippen LogP contribution in [0, 0.1) is 11.8 Å². The molecule has 31 heavy (non-hydrogen) atoms. The summed E-state index contributed by atoms with van der Waals surface area (Å²) in [5.74, 6) is -2.33. The maximum atomic E-state index is 13.7. The van der Waals surface area contributed by atoms with E-state index in [1.54, 1.807) is 22.0 Å². The standard InChI is InChI=1S/C23H32N2O6/c1-15(2)24-12-8-10-23-18(17-16(31-23)9-7-14-30-22(17)29)20(27)25(19(23)21(24)28)11-5-3-4-6-13-26/h7-10,15-19,26H,3-6,11-14H2,1-2H3/t16-,17+,18-,19?,23-/m0/s1. The molecule has 0 radical (unpaired) electrons. The number of amides is 2. The second-order valence-corrected chi connectivity index (χ2v) is 9.06. The molecule has 0 aromatic carbocycles. The van der Waals surface area contributed by atoms with Crippen LogP contribution in [-0.4, -0.2) is 82.8 Å². The topological polar surface area (TPSA) is 96.4 Å². The number of carbonyl (C=O) groups excluding carboxylic acids is 3. The van der Waals surface area contributed by atoms with Crippen LogP contribution in [0.15, 0.2) is 24.3 Å². The highest BCUT2D eigenvalue weighted by Gasteiger charge is 2.71. The van der Waals surface area contributed by atoms with Crippen LogP contribution < -0.4 is 0 Å².